The predicted molar refractivity (Wildman–Crippen MR) is 128 cm³/mol. The lowest BCUT2D eigenvalue weighted by atomic mass is 9.97. The minimum absolute atomic E-state index is 0.267. The molecule has 0 atom stereocenters. The number of benzene rings is 2. The number of nitrogens with zero attached hydrogens (tertiary/aromatic N) is 3. The molecule has 4 aromatic rings. The fourth-order valence-electron chi connectivity index (χ4n) is 3.62. The fourth-order valence-corrected chi connectivity index (χ4v) is 3.62. The fraction of sp³-hybridized carbons (Fsp3) is 0.192. The first-order valence-corrected chi connectivity index (χ1v) is 10.7. The largest absolute Gasteiger partial charge is 0.492 e. The van der Waals surface area contributed by atoms with Crippen LogP contribution < -0.4 is 4.74 Å². The van der Waals surface area contributed by atoms with Gasteiger partial charge in [-0.05, 0) is 69.0 Å². The summed E-state index contributed by atoms with van der Waals surface area (Å²) in [5, 5.41) is 9.58. The van der Waals surface area contributed by atoms with Crippen molar-refractivity contribution in [3.8, 4) is 39.7 Å². The number of aromatic nitrogens is 3. The van der Waals surface area contributed by atoms with Crippen molar-refractivity contribution in [2.24, 2.45) is 0 Å². The van der Waals surface area contributed by atoms with Crippen LogP contribution in [-0.4, -0.2) is 58.2 Å². The Morgan fingerprint density at radius 3 is 2.42 bits per heavy atom. The molecule has 2 heterocycles. The SMILES string of the molecule is Cc1c(C(=O)O)cccc1-c1[nH]c(-c2ccc(OCCN(C)C)cc2)nc1-c1ccncc1. The van der Waals surface area contributed by atoms with Gasteiger partial charge in [0.15, 0.2) is 0 Å². The Labute approximate surface area is 192 Å². The van der Waals surface area contributed by atoms with Gasteiger partial charge >= 0.3 is 5.97 Å². The second-order valence-electron chi connectivity index (χ2n) is 8.00. The van der Waals surface area contributed by atoms with Crippen molar-refractivity contribution in [2.75, 3.05) is 27.2 Å². The number of pyridine rings is 1. The number of nitrogens with one attached hydrogen (secondary N) is 1. The van der Waals surface area contributed by atoms with Crippen molar-refractivity contribution in [3.05, 3.63) is 78.1 Å². The quantitative estimate of drug-likeness (QED) is 0.409. The molecule has 0 fully saturated rings. The maximum absolute atomic E-state index is 11.7. The van der Waals surface area contributed by atoms with Crippen LogP contribution in [0.4, 0.5) is 0 Å². The zero-order valence-corrected chi connectivity index (χ0v) is 18.9. The van der Waals surface area contributed by atoms with E-state index in [1.54, 1.807) is 24.5 Å². The third kappa shape index (κ3) is 4.94. The van der Waals surface area contributed by atoms with E-state index in [1.807, 2.05) is 63.5 Å². The highest BCUT2D eigenvalue weighted by atomic mass is 16.5. The highest BCUT2D eigenvalue weighted by Crippen LogP contribution is 2.35. The minimum atomic E-state index is -0.954. The zero-order chi connectivity index (χ0) is 23.4. The number of imidazole rings is 1. The molecule has 0 amide bonds. The first-order chi connectivity index (χ1) is 15.9. The molecule has 0 saturated heterocycles. The lowest BCUT2D eigenvalue weighted by Gasteiger charge is -2.11. The summed E-state index contributed by atoms with van der Waals surface area (Å²) in [5.41, 5.74) is 5.05. The average molecular weight is 443 g/mol. The van der Waals surface area contributed by atoms with Gasteiger partial charge in [-0.1, -0.05) is 12.1 Å². The monoisotopic (exact) mass is 442 g/mol. The van der Waals surface area contributed by atoms with Gasteiger partial charge in [0.05, 0.1) is 17.0 Å². The van der Waals surface area contributed by atoms with Crippen LogP contribution in [0.2, 0.25) is 0 Å². The van der Waals surface area contributed by atoms with E-state index in [1.165, 1.54) is 0 Å². The summed E-state index contributed by atoms with van der Waals surface area (Å²) in [4.78, 5) is 26.2. The Morgan fingerprint density at radius 2 is 1.76 bits per heavy atom. The number of likely N-dealkylation sites (N-methyl/N-ethyl adjacent to an activating group) is 1. The first kappa shape index (κ1) is 22.2. The van der Waals surface area contributed by atoms with Gasteiger partial charge in [-0.2, -0.15) is 0 Å². The van der Waals surface area contributed by atoms with Gasteiger partial charge in [-0.25, -0.2) is 9.78 Å². The van der Waals surface area contributed by atoms with Crippen LogP contribution in [0.15, 0.2) is 67.0 Å². The molecule has 0 aliphatic rings. The molecule has 0 spiro atoms. The number of carboxylic acids is 1. The molecule has 168 valence electrons. The lowest BCUT2D eigenvalue weighted by molar-refractivity contribution is 0.0696. The third-order valence-electron chi connectivity index (χ3n) is 5.43. The normalized spacial score (nSPS) is 11.0. The van der Waals surface area contributed by atoms with Gasteiger partial charge in [0.1, 0.15) is 18.2 Å². The summed E-state index contributed by atoms with van der Waals surface area (Å²) in [6.45, 7) is 3.27. The van der Waals surface area contributed by atoms with E-state index in [0.717, 1.165) is 40.4 Å². The topological polar surface area (TPSA) is 91.3 Å². The molecule has 2 aromatic carbocycles. The van der Waals surface area contributed by atoms with E-state index in [0.29, 0.717) is 18.0 Å². The highest BCUT2D eigenvalue weighted by Gasteiger charge is 2.19. The second kappa shape index (κ2) is 9.67. The summed E-state index contributed by atoms with van der Waals surface area (Å²) in [7, 11) is 4.02. The van der Waals surface area contributed by atoms with E-state index < -0.39 is 5.97 Å². The van der Waals surface area contributed by atoms with Gasteiger partial charge in [0, 0.05) is 35.6 Å². The molecule has 4 rings (SSSR count). The van der Waals surface area contributed by atoms with Crippen LogP contribution in [0.1, 0.15) is 15.9 Å². The molecule has 7 heteroatoms. The number of aromatic amines is 1. The molecular formula is C26H26N4O3. The Balaban J connectivity index is 1.74. The molecule has 2 aromatic heterocycles. The Kier molecular flexibility index (Phi) is 6.51. The number of hydrogen-bond donors (Lipinski definition) is 2. The summed E-state index contributed by atoms with van der Waals surface area (Å²) in [5.74, 6) is 0.535. The number of carboxylic acid groups (broad SMARTS) is 1. The molecule has 33 heavy (non-hydrogen) atoms. The second-order valence-corrected chi connectivity index (χ2v) is 8.00. The number of aromatic carboxylic acids is 1. The van der Waals surface area contributed by atoms with Crippen molar-refractivity contribution in [1.82, 2.24) is 19.9 Å². The standard InChI is InChI=1S/C26H26N4O3/c1-17-21(5-4-6-22(17)26(31)32)24-23(18-11-13-27-14-12-18)28-25(29-24)19-7-9-20(10-8-19)33-16-15-30(2)3/h4-14H,15-16H2,1-3H3,(H,28,29)(H,31,32). The first-order valence-electron chi connectivity index (χ1n) is 10.7. The Bertz CT molecular complexity index is 1250. The number of carbonyl (C=O) groups is 1. The van der Waals surface area contributed by atoms with Gasteiger partial charge in [0.25, 0.3) is 0 Å². The molecule has 0 aliphatic heterocycles. The maximum Gasteiger partial charge on any atom is 0.335 e. The van der Waals surface area contributed by atoms with E-state index in [4.69, 9.17) is 9.72 Å². The molecule has 0 saturated carbocycles. The average Bonchev–Trinajstić information content (AvgIpc) is 3.25. The van der Waals surface area contributed by atoms with Crippen LogP contribution in [0, 0.1) is 6.92 Å². The van der Waals surface area contributed by atoms with Crippen LogP contribution in [0.5, 0.6) is 5.75 Å². The van der Waals surface area contributed by atoms with E-state index in [9.17, 15) is 9.90 Å². The van der Waals surface area contributed by atoms with Crippen LogP contribution in [0.25, 0.3) is 33.9 Å². The molecule has 0 radical (unpaired) electrons. The minimum Gasteiger partial charge on any atom is -0.492 e. The molecule has 7 nitrogen and oxygen atoms in total. The van der Waals surface area contributed by atoms with Crippen molar-refractivity contribution in [3.63, 3.8) is 0 Å². The molecule has 0 aliphatic carbocycles. The van der Waals surface area contributed by atoms with Gasteiger partial charge < -0.3 is 19.7 Å². The molecule has 2 N–H and O–H groups in total. The van der Waals surface area contributed by atoms with Crippen molar-refractivity contribution < 1.29 is 14.6 Å². The number of H-pyrrole nitrogens is 1. The summed E-state index contributed by atoms with van der Waals surface area (Å²) in [6.07, 6.45) is 3.43. The van der Waals surface area contributed by atoms with Crippen molar-refractivity contribution in [1.29, 1.82) is 0 Å². The van der Waals surface area contributed by atoms with Crippen molar-refractivity contribution in [2.45, 2.75) is 6.92 Å². The van der Waals surface area contributed by atoms with E-state index >= 15 is 0 Å². The number of hydrogen-bond acceptors (Lipinski definition) is 5. The van der Waals surface area contributed by atoms with Crippen molar-refractivity contribution >= 4 is 5.97 Å². The smallest absolute Gasteiger partial charge is 0.335 e. The maximum atomic E-state index is 11.7. The number of rotatable bonds is 8. The summed E-state index contributed by atoms with van der Waals surface area (Å²) < 4.78 is 5.79. The Morgan fingerprint density at radius 1 is 1.03 bits per heavy atom. The van der Waals surface area contributed by atoms with E-state index in [-0.39, 0.29) is 5.56 Å². The van der Waals surface area contributed by atoms with Gasteiger partial charge in [0.2, 0.25) is 0 Å². The van der Waals surface area contributed by atoms with E-state index in [2.05, 4.69) is 14.9 Å². The lowest BCUT2D eigenvalue weighted by Crippen LogP contribution is -2.19. The Hall–Kier alpha value is -3.97. The van der Waals surface area contributed by atoms with Crippen LogP contribution >= 0.6 is 0 Å². The number of ether oxygens (including phenoxy) is 1. The summed E-state index contributed by atoms with van der Waals surface area (Å²) >= 11 is 0. The van der Waals surface area contributed by atoms with Gasteiger partial charge in [-0.15, -0.1) is 0 Å². The van der Waals surface area contributed by atoms with Crippen LogP contribution in [-0.2, 0) is 0 Å². The van der Waals surface area contributed by atoms with Gasteiger partial charge in [-0.3, -0.25) is 4.98 Å². The third-order valence-corrected chi connectivity index (χ3v) is 5.43. The molecule has 0 bridgehead atoms. The molecule has 0 unspecified atom stereocenters. The van der Waals surface area contributed by atoms with Crippen LogP contribution in [0.3, 0.4) is 0 Å². The predicted octanol–water partition coefficient (Wildman–Crippen LogP) is 4.75. The zero-order valence-electron chi connectivity index (χ0n) is 18.9. The highest BCUT2D eigenvalue weighted by molar-refractivity contribution is 5.93. The molecular weight excluding hydrogens is 416 g/mol. The summed E-state index contributed by atoms with van der Waals surface area (Å²) in [6, 6.07) is 16.8.